The number of carbonyl (C=O) groups is 1. The molecule has 4 heteroatoms. The van der Waals surface area contributed by atoms with E-state index in [0.717, 1.165) is 18.5 Å². The van der Waals surface area contributed by atoms with Crippen LogP contribution in [-0.2, 0) is 11.3 Å². The highest BCUT2D eigenvalue weighted by Gasteiger charge is 2.31. The summed E-state index contributed by atoms with van der Waals surface area (Å²) >= 11 is 0. The van der Waals surface area contributed by atoms with Crippen molar-refractivity contribution in [3.63, 3.8) is 0 Å². The van der Waals surface area contributed by atoms with Gasteiger partial charge >= 0.3 is 6.09 Å². The third kappa shape index (κ3) is 2.33. The first-order chi connectivity index (χ1) is 7.81. The van der Waals surface area contributed by atoms with Crippen molar-refractivity contribution >= 4 is 6.09 Å². The lowest BCUT2D eigenvalue weighted by molar-refractivity contribution is 0.0465. The Hall–Kier alpha value is -1.55. The van der Waals surface area contributed by atoms with E-state index in [1.165, 1.54) is 0 Å². The van der Waals surface area contributed by atoms with Gasteiger partial charge in [-0.3, -0.25) is 0 Å². The summed E-state index contributed by atoms with van der Waals surface area (Å²) in [5.74, 6) is 0. The maximum Gasteiger partial charge on any atom is 0.410 e. The minimum absolute atomic E-state index is 0.170. The molecular formula is C12H16N2O2. The molecule has 1 heterocycles. The monoisotopic (exact) mass is 220 g/mol. The Morgan fingerprint density at radius 3 is 2.75 bits per heavy atom. The van der Waals surface area contributed by atoms with Gasteiger partial charge in [-0.1, -0.05) is 30.3 Å². The van der Waals surface area contributed by atoms with Crippen LogP contribution in [0.15, 0.2) is 30.3 Å². The van der Waals surface area contributed by atoms with Crippen molar-refractivity contribution in [2.24, 2.45) is 5.73 Å². The summed E-state index contributed by atoms with van der Waals surface area (Å²) in [5.41, 5.74) is 6.52. The van der Waals surface area contributed by atoms with Gasteiger partial charge < -0.3 is 15.4 Å². The lowest BCUT2D eigenvalue weighted by atomic mass is 10.1. The molecule has 2 N–H and O–H groups in total. The van der Waals surface area contributed by atoms with Crippen molar-refractivity contribution in [2.75, 3.05) is 13.1 Å². The summed E-state index contributed by atoms with van der Waals surface area (Å²) in [4.78, 5) is 13.3. The van der Waals surface area contributed by atoms with E-state index in [2.05, 4.69) is 0 Å². The Labute approximate surface area is 95.0 Å². The maximum atomic E-state index is 11.6. The van der Waals surface area contributed by atoms with Gasteiger partial charge in [-0.2, -0.15) is 0 Å². The fourth-order valence-electron chi connectivity index (χ4n) is 1.73. The van der Waals surface area contributed by atoms with E-state index >= 15 is 0 Å². The highest BCUT2D eigenvalue weighted by atomic mass is 16.6. The number of hydrogen-bond donors (Lipinski definition) is 1. The lowest BCUT2D eigenvalue weighted by Crippen LogP contribution is -2.54. The molecule has 1 aromatic rings. The molecule has 0 bridgehead atoms. The molecule has 0 aliphatic carbocycles. The van der Waals surface area contributed by atoms with E-state index in [0.29, 0.717) is 13.2 Å². The molecule has 1 atom stereocenters. The Kier molecular flexibility index (Phi) is 3.41. The third-order valence-corrected chi connectivity index (χ3v) is 2.86. The quantitative estimate of drug-likeness (QED) is 0.836. The average Bonchev–Trinajstić information content (AvgIpc) is 2.27. The van der Waals surface area contributed by atoms with E-state index < -0.39 is 0 Å². The van der Waals surface area contributed by atoms with Crippen LogP contribution in [0.25, 0.3) is 0 Å². The van der Waals surface area contributed by atoms with E-state index in [9.17, 15) is 4.79 Å². The Morgan fingerprint density at radius 2 is 2.19 bits per heavy atom. The van der Waals surface area contributed by atoms with Crippen LogP contribution in [-0.4, -0.2) is 30.1 Å². The van der Waals surface area contributed by atoms with Gasteiger partial charge in [-0.15, -0.1) is 0 Å². The van der Waals surface area contributed by atoms with Gasteiger partial charge in [0.25, 0.3) is 0 Å². The first kappa shape index (κ1) is 11.0. The SMILES string of the molecule is NC[C@H]1CCN1C(=O)OCc1ccccc1. The summed E-state index contributed by atoms with van der Waals surface area (Å²) < 4.78 is 5.20. The molecule has 1 aliphatic heterocycles. The summed E-state index contributed by atoms with van der Waals surface area (Å²) in [6.07, 6.45) is 0.724. The van der Waals surface area contributed by atoms with E-state index in [-0.39, 0.29) is 12.1 Å². The Balaban J connectivity index is 1.80. The van der Waals surface area contributed by atoms with Gasteiger partial charge in [0.2, 0.25) is 0 Å². The number of ether oxygens (including phenoxy) is 1. The highest BCUT2D eigenvalue weighted by molar-refractivity contribution is 5.69. The molecule has 2 rings (SSSR count). The molecule has 86 valence electrons. The molecule has 0 aromatic heterocycles. The van der Waals surface area contributed by atoms with Crippen LogP contribution >= 0.6 is 0 Å². The molecular weight excluding hydrogens is 204 g/mol. The number of benzene rings is 1. The van der Waals surface area contributed by atoms with Crippen molar-refractivity contribution in [1.29, 1.82) is 0 Å². The largest absolute Gasteiger partial charge is 0.445 e. The Morgan fingerprint density at radius 1 is 1.44 bits per heavy atom. The number of rotatable bonds is 3. The van der Waals surface area contributed by atoms with Crippen molar-refractivity contribution in [1.82, 2.24) is 4.90 Å². The second-order valence-corrected chi connectivity index (χ2v) is 3.91. The molecule has 1 fully saturated rings. The van der Waals surface area contributed by atoms with Crippen LogP contribution < -0.4 is 5.73 Å². The molecule has 0 spiro atoms. The molecule has 0 radical (unpaired) electrons. The smallest absolute Gasteiger partial charge is 0.410 e. The predicted molar refractivity (Wildman–Crippen MR) is 60.8 cm³/mol. The summed E-state index contributed by atoms with van der Waals surface area (Å²) in [5, 5.41) is 0. The molecule has 1 aliphatic rings. The van der Waals surface area contributed by atoms with Gasteiger partial charge in [0.15, 0.2) is 0 Å². The summed E-state index contributed by atoms with van der Waals surface area (Å²) in [6.45, 7) is 1.60. The third-order valence-electron chi connectivity index (χ3n) is 2.86. The molecule has 0 saturated carbocycles. The maximum absolute atomic E-state index is 11.6. The average molecular weight is 220 g/mol. The van der Waals surface area contributed by atoms with Gasteiger partial charge in [0.1, 0.15) is 6.61 Å². The first-order valence-corrected chi connectivity index (χ1v) is 5.48. The summed E-state index contributed by atoms with van der Waals surface area (Å²) in [6, 6.07) is 9.83. The molecule has 1 aromatic carbocycles. The minimum atomic E-state index is -0.259. The fraction of sp³-hybridized carbons (Fsp3) is 0.417. The number of nitrogens with two attached hydrogens (primary N) is 1. The highest BCUT2D eigenvalue weighted by Crippen LogP contribution is 2.17. The van der Waals surface area contributed by atoms with Crippen LogP contribution in [0, 0.1) is 0 Å². The topological polar surface area (TPSA) is 55.6 Å². The molecule has 4 nitrogen and oxygen atoms in total. The van der Waals surface area contributed by atoms with E-state index in [1.54, 1.807) is 4.90 Å². The van der Waals surface area contributed by atoms with Crippen molar-refractivity contribution in [2.45, 2.75) is 19.1 Å². The van der Waals surface area contributed by atoms with Crippen LogP contribution in [0.2, 0.25) is 0 Å². The van der Waals surface area contributed by atoms with Gasteiger partial charge in [0.05, 0.1) is 0 Å². The number of amides is 1. The van der Waals surface area contributed by atoms with Crippen LogP contribution in [0.5, 0.6) is 0 Å². The number of likely N-dealkylation sites (tertiary alicyclic amines) is 1. The molecule has 1 amide bonds. The summed E-state index contributed by atoms with van der Waals surface area (Å²) in [7, 11) is 0. The van der Waals surface area contributed by atoms with Crippen LogP contribution in [0.4, 0.5) is 4.79 Å². The number of nitrogens with zero attached hydrogens (tertiary/aromatic N) is 1. The van der Waals surface area contributed by atoms with Crippen molar-refractivity contribution in [3.05, 3.63) is 35.9 Å². The number of carbonyl (C=O) groups excluding carboxylic acids is 1. The molecule has 1 saturated heterocycles. The van der Waals surface area contributed by atoms with Crippen molar-refractivity contribution in [3.8, 4) is 0 Å². The molecule has 0 unspecified atom stereocenters. The molecule has 16 heavy (non-hydrogen) atoms. The van der Waals surface area contributed by atoms with E-state index in [4.69, 9.17) is 10.5 Å². The number of hydrogen-bond acceptors (Lipinski definition) is 3. The second-order valence-electron chi connectivity index (χ2n) is 3.91. The zero-order valence-corrected chi connectivity index (χ0v) is 9.13. The van der Waals surface area contributed by atoms with Gasteiger partial charge in [-0.05, 0) is 12.0 Å². The zero-order valence-electron chi connectivity index (χ0n) is 9.13. The van der Waals surface area contributed by atoms with Crippen molar-refractivity contribution < 1.29 is 9.53 Å². The second kappa shape index (κ2) is 4.99. The zero-order chi connectivity index (χ0) is 11.4. The normalized spacial score (nSPS) is 19.1. The van der Waals surface area contributed by atoms with Gasteiger partial charge in [-0.25, -0.2) is 4.79 Å². The first-order valence-electron chi connectivity index (χ1n) is 5.48. The lowest BCUT2D eigenvalue weighted by Gasteiger charge is -2.39. The predicted octanol–water partition coefficient (Wildman–Crippen LogP) is 1.36. The van der Waals surface area contributed by atoms with E-state index in [1.807, 2.05) is 30.3 Å². The van der Waals surface area contributed by atoms with Crippen LogP contribution in [0.1, 0.15) is 12.0 Å². The fourth-order valence-corrected chi connectivity index (χ4v) is 1.73. The Bertz CT molecular complexity index is 351. The minimum Gasteiger partial charge on any atom is -0.445 e. The van der Waals surface area contributed by atoms with Crippen LogP contribution in [0.3, 0.4) is 0 Å². The van der Waals surface area contributed by atoms with Gasteiger partial charge in [0, 0.05) is 19.1 Å². The standard InChI is InChI=1S/C12H16N2O2/c13-8-11-6-7-14(11)12(15)16-9-10-4-2-1-3-5-10/h1-5,11H,6-9,13H2/t11-/m1/s1.